The Morgan fingerprint density at radius 2 is 1.64 bits per heavy atom. The van der Waals surface area contributed by atoms with Crippen LogP contribution in [0.15, 0.2) is 30.3 Å². The molecule has 78 valence electrons. The van der Waals surface area contributed by atoms with Gasteiger partial charge in [0.05, 0.1) is 6.10 Å². The van der Waals surface area contributed by atoms with Crippen molar-refractivity contribution in [3.8, 4) is 0 Å². The van der Waals surface area contributed by atoms with Gasteiger partial charge in [-0.2, -0.15) is 0 Å². The summed E-state index contributed by atoms with van der Waals surface area (Å²) in [7, 11) is 0. The summed E-state index contributed by atoms with van der Waals surface area (Å²) < 4.78 is 0. The molecule has 1 aromatic rings. The van der Waals surface area contributed by atoms with Gasteiger partial charge in [-0.25, -0.2) is 0 Å². The van der Waals surface area contributed by atoms with Crippen LogP contribution in [0.5, 0.6) is 0 Å². The average Bonchev–Trinajstić information content (AvgIpc) is 2.22. The van der Waals surface area contributed by atoms with Crippen molar-refractivity contribution in [3.63, 3.8) is 0 Å². The molecule has 0 bridgehead atoms. The minimum Gasteiger partial charge on any atom is -0.392 e. The van der Waals surface area contributed by atoms with Crippen LogP contribution in [0.1, 0.15) is 39.2 Å². The second-order valence-corrected chi connectivity index (χ2v) is 3.91. The standard InChI is InChI=1S/C13H20O/c1-4-13(5-2,11(3)14)12-9-7-6-8-10-12/h6-11,14H,4-5H2,1-3H3/t11-/m1/s1. The number of rotatable bonds is 4. The normalized spacial score (nSPS) is 14.0. The third kappa shape index (κ3) is 1.83. The molecule has 0 unspecified atom stereocenters. The van der Waals surface area contributed by atoms with Crippen LogP contribution in [0.3, 0.4) is 0 Å². The van der Waals surface area contributed by atoms with Gasteiger partial charge in [-0.05, 0) is 25.3 Å². The van der Waals surface area contributed by atoms with Crippen LogP contribution in [0.25, 0.3) is 0 Å². The summed E-state index contributed by atoms with van der Waals surface area (Å²) in [6.07, 6.45) is 1.66. The molecule has 14 heavy (non-hydrogen) atoms. The highest BCUT2D eigenvalue weighted by molar-refractivity contribution is 5.26. The fourth-order valence-corrected chi connectivity index (χ4v) is 2.26. The van der Waals surface area contributed by atoms with Gasteiger partial charge in [0.1, 0.15) is 0 Å². The number of benzene rings is 1. The zero-order chi connectivity index (χ0) is 10.6. The third-order valence-electron chi connectivity index (χ3n) is 3.41. The SMILES string of the molecule is CCC(CC)(c1ccccc1)[C@@H](C)O. The molecule has 1 atom stereocenters. The largest absolute Gasteiger partial charge is 0.392 e. The molecular formula is C13H20O. The molecule has 0 aliphatic carbocycles. The second kappa shape index (κ2) is 4.61. The molecule has 0 spiro atoms. The minimum absolute atomic E-state index is 0.0682. The van der Waals surface area contributed by atoms with Gasteiger partial charge in [0.25, 0.3) is 0 Å². The van der Waals surface area contributed by atoms with Crippen molar-refractivity contribution in [1.82, 2.24) is 0 Å². The Hall–Kier alpha value is -0.820. The Bertz CT molecular complexity index is 260. The number of aliphatic hydroxyl groups is 1. The van der Waals surface area contributed by atoms with Gasteiger partial charge in [0.2, 0.25) is 0 Å². The molecule has 1 heteroatoms. The van der Waals surface area contributed by atoms with Crippen molar-refractivity contribution in [2.75, 3.05) is 0 Å². The maximum Gasteiger partial charge on any atom is 0.0608 e. The number of hydrogen-bond donors (Lipinski definition) is 1. The molecule has 1 nitrogen and oxygen atoms in total. The van der Waals surface area contributed by atoms with E-state index in [-0.39, 0.29) is 11.5 Å². The number of hydrogen-bond acceptors (Lipinski definition) is 1. The lowest BCUT2D eigenvalue weighted by Gasteiger charge is -2.35. The van der Waals surface area contributed by atoms with Crippen molar-refractivity contribution in [2.24, 2.45) is 0 Å². The highest BCUT2D eigenvalue weighted by atomic mass is 16.3. The molecule has 0 saturated carbocycles. The average molecular weight is 192 g/mol. The zero-order valence-corrected chi connectivity index (χ0v) is 9.33. The molecule has 1 N–H and O–H groups in total. The summed E-state index contributed by atoms with van der Waals surface area (Å²) in [4.78, 5) is 0. The molecule has 0 aliphatic rings. The molecule has 1 aromatic carbocycles. The molecule has 0 aromatic heterocycles. The molecule has 0 saturated heterocycles. The van der Waals surface area contributed by atoms with Crippen LogP contribution >= 0.6 is 0 Å². The van der Waals surface area contributed by atoms with E-state index in [0.29, 0.717) is 0 Å². The van der Waals surface area contributed by atoms with E-state index >= 15 is 0 Å². The van der Waals surface area contributed by atoms with Gasteiger partial charge in [-0.3, -0.25) is 0 Å². The Labute approximate surface area is 86.8 Å². The van der Waals surface area contributed by atoms with E-state index in [2.05, 4.69) is 26.0 Å². The van der Waals surface area contributed by atoms with Crippen molar-refractivity contribution >= 4 is 0 Å². The van der Waals surface area contributed by atoms with Crippen LogP contribution in [-0.4, -0.2) is 11.2 Å². The van der Waals surface area contributed by atoms with Gasteiger partial charge < -0.3 is 5.11 Å². The van der Waals surface area contributed by atoms with E-state index in [1.807, 2.05) is 25.1 Å². The highest BCUT2D eigenvalue weighted by Gasteiger charge is 2.33. The zero-order valence-electron chi connectivity index (χ0n) is 9.33. The van der Waals surface area contributed by atoms with Crippen molar-refractivity contribution in [3.05, 3.63) is 35.9 Å². The lowest BCUT2D eigenvalue weighted by Crippen LogP contribution is -2.36. The maximum atomic E-state index is 9.92. The quantitative estimate of drug-likeness (QED) is 0.777. The van der Waals surface area contributed by atoms with Crippen LogP contribution in [0, 0.1) is 0 Å². The summed E-state index contributed by atoms with van der Waals surface area (Å²) in [5, 5.41) is 9.92. The van der Waals surface area contributed by atoms with E-state index in [9.17, 15) is 5.11 Å². The molecule has 0 heterocycles. The van der Waals surface area contributed by atoms with Crippen LogP contribution in [-0.2, 0) is 5.41 Å². The van der Waals surface area contributed by atoms with E-state index in [4.69, 9.17) is 0 Å². The van der Waals surface area contributed by atoms with E-state index < -0.39 is 0 Å². The van der Waals surface area contributed by atoms with Gasteiger partial charge in [-0.15, -0.1) is 0 Å². The van der Waals surface area contributed by atoms with Crippen LogP contribution in [0.2, 0.25) is 0 Å². The summed E-state index contributed by atoms with van der Waals surface area (Å²) in [5.74, 6) is 0. The fourth-order valence-electron chi connectivity index (χ4n) is 2.26. The first-order chi connectivity index (χ1) is 6.67. The van der Waals surface area contributed by atoms with Crippen molar-refractivity contribution in [1.29, 1.82) is 0 Å². The monoisotopic (exact) mass is 192 g/mol. The predicted octanol–water partition coefficient (Wildman–Crippen LogP) is 3.13. The molecule has 0 aliphatic heterocycles. The topological polar surface area (TPSA) is 20.2 Å². The summed E-state index contributed by atoms with van der Waals surface area (Å²) in [6, 6.07) is 10.3. The smallest absolute Gasteiger partial charge is 0.0608 e. The predicted molar refractivity (Wildman–Crippen MR) is 60.4 cm³/mol. The first-order valence-corrected chi connectivity index (χ1v) is 5.41. The fraction of sp³-hybridized carbons (Fsp3) is 0.538. The Morgan fingerprint density at radius 1 is 1.14 bits per heavy atom. The number of aliphatic hydroxyl groups excluding tert-OH is 1. The Kier molecular flexibility index (Phi) is 3.70. The molecule has 0 amide bonds. The lowest BCUT2D eigenvalue weighted by molar-refractivity contribution is 0.0896. The van der Waals surface area contributed by atoms with Gasteiger partial charge in [0, 0.05) is 5.41 Å². The third-order valence-corrected chi connectivity index (χ3v) is 3.41. The van der Waals surface area contributed by atoms with Crippen LogP contribution < -0.4 is 0 Å². The summed E-state index contributed by atoms with van der Waals surface area (Å²) >= 11 is 0. The molecule has 1 rings (SSSR count). The maximum absolute atomic E-state index is 9.92. The highest BCUT2D eigenvalue weighted by Crippen LogP contribution is 2.34. The van der Waals surface area contributed by atoms with E-state index in [1.54, 1.807) is 0 Å². The van der Waals surface area contributed by atoms with Crippen molar-refractivity contribution in [2.45, 2.75) is 45.1 Å². The molecule has 0 radical (unpaired) electrons. The summed E-state index contributed by atoms with van der Waals surface area (Å²) in [5.41, 5.74) is 1.18. The Morgan fingerprint density at radius 3 is 2.00 bits per heavy atom. The first kappa shape index (κ1) is 11.3. The lowest BCUT2D eigenvalue weighted by atomic mass is 9.72. The van der Waals surface area contributed by atoms with Crippen LogP contribution in [0.4, 0.5) is 0 Å². The molecule has 0 fully saturated rings. The van der Waals surface area contributed by atoms with Gasteiger partial charge in [-0.1, -0.05) is 44.2 Å². The van der Waals surface area contributed by atoms with Crippen molar-refractivity contribution < 1.29 is 5.11 Å². The minimum atomic E-state index is -0.292. The van der Waals surface area contributed by atoms with E-state index in [1.165, 1.54) is 5.56 Å². The van der Waals surface area contributed by atoms with E-state index in [0.717, 1.165) is 12.8 Å². The summed E-state index contributed by atoms with van der Waals surface area (Å²) in [6.45, 7) is 6.17. The van der Waals surface area contributed by atoms with Gasteiger partial charge in [0.15, 0.2) is 0 Å². The Balaban J connectivity index is 3.11. The second-order valence-electron chi connectivity index (χ2n) is 3.91. The molecular weight excluding hydrogens is 172 g/mol. The first-order valence-electron chi connectivity index (χ1n) is 5.41. The van der Waals surface area contributed by atoms with Gasteiger partial charge >= 0.3 is 0 Å².